The van der Waals surface area contributed by atoms with Gasteiger partial charge >= 0.3 is 0 Å². The van der Waals surface area contributed by atoms with Gasteiger partial charge in [0.2, 0.25) is 0 Å². The Kier molecular flexibility index (Phi) is 6.31. The second-order valence-corrected chi connectivity index (χ2v) is 7.53. The van der Waals surface area contributed by atoms with E-state index in [2.05, 4.69) is 54.4 Å². The van der Waals surface area contributed by atoms with Crippen LogP contribution in [0.15, 0.2) is 66.0 Å². The van der Waals surface area contributed by atoms with Crippen LogP contribution in [0.1, 0.15) is 22.5 Å². The summed E-state index contributed by atoms with van der Waals surface area (Å²) >= 11 is 0. The summed E-state index contributed by atoms with van der Waals surface area (Å²) in [5.41, 5.74) is 4.40. The molecule has 6 nitrogen and oxygen atoms in total. The zero-order valence-electron chi connectivity index (χ0n) is 17.8. The smallest absolute Gasteiger partial charge is 0.191 e. The van der Waals surface area contributed by atoms with E-state index < -0.39 is 0 Å². The maximum atomic E-state index is 13.4. The highest BCUT2D eigenvalue weighted by atomic mass is 19.1. The van der Waals surface area contributed by atoms with E-state index in [-0.39, 0.29) is 5.82 Å². The maximum Gasteiger partial charge on any atom is 0.191 e. The van der Waals surface area contributed by atoms with Gasteiger partial charge < -0.3 is 20.2 Å². The minimum atomic E-state index is -0.229. The van der Waals surface area contributed by atoms with Gasteiger partial charge in [-0.1, -0.05) is 24.3 Å². The monoisotopic (exact) mass is 418 g/mol. The van der Waals surface area contributed by atoms with Gasteiger partial charge in [0.25, 0.3) is 0 Å². The molecule has 0 amide bonds. The third kappa shape index (κ3) is 5.12. The Balaban J connectivity index is 1.29. The first-order valence-corrected chi connectivity index (χ1v) is 10.4. The SMILES string of the molecule is CN=C(NCCc1c[nH]c2cc(F)ccc12)NCc1cccc(Cn2ccnc2C)c1. The lowest BCUT2D eigenvalue weighted by molar-refractivity contribution is 0.629. The highest BCUT2D eigenvalue weighted by Gasteiger charge is 2.06. The number of aromatic nitrogens is 3. The van der Waals surface area contributed by atoms with E-state index in [1.54, 1.807) is 7.05 Å². The molecule has 0 spiro atoms. The average molecular weight is 419 g/mol. The van der Waals surface area contributed by atoms with Crippen LogP contribution in [0, 0.1) is 12.7 Å². The first-order valence-electron chi connectivity index (χ1n) is 10.4. The number of rotatable bonds is 7. The van der Waals surface area contributed by atoms with Crippen molar-refractivity contribution >= 4 is 16.9 Å². The molecule has 0 saturated heterocycles. The molecule has 2 heterocycles. The van der Waals surface area contributed by atoms with Crippen molar-refractivity contribution in [1.29, 1.82) is 0 Å². The molecule has 2 aromatic carbocycles. The minimum Gasteiger partial charge on any atom is -0.361 e. The standard InChI is InChI=1S/C24H27FN6/c1-17-27-10-11-31(17)16-19-5-3-4-18(12-19)14-30-24(26-2)28-9-8-20-15-29-23-13-21(25)6-7-22(20)23/h3-7,10-13,15,29H,8-9,14,16H2,1-2H3,(H2,26,28,30). The van der Waals surface area contributed by atoms with E-state index in [1.807, 2.05) is 31.6 Å². The number of benzene rings is 2. The van der Waals surface area contributed by atoms with Crippen molar-refractivity contribution in [2.75, 3.05) is 13.6 Å². The summed E-state index contributed by atoms with van der Waals surface area (Å²) in [5.74, 6) is 1.53. The van der Waals surface area contributed by atoms with Gasteiger partial charge in [-0.05, 0) is 48.2 Å². The summed E-state index contributed by atoms with van der Waals surface area (Å²) in [5, 5.41) is 7.77. The molecule has 160 valence electrons. The zero-order valence-corrected chi connectivity index (χ0v) is 17.8. The van der Waals surface area contributed by atoms with Crippen molar-refractivity contribution in [1.82, 2.24) is 25.2 Å². The molecule has 4 aromatic rings. The van der Waals surface area contributed by atoms with Crippen LogP contribution in [0.25, 0.3) is 10.9 Å². The lowest BCUT2D eigenvalue weighted by Gasteiger charge is -2.13. The fraction of sp³-hybridized carbons (Fsp3) is 0.250. The summed E-state index contributed by atoms with van der Waals surface area (Å²) in [4.78, 5) is 11.7. The molecule has 3 N–H and O–H groups in total. The van der Waals surface area contributed by atoms with Gasteiger partial charge in [-0.25, -0.2) is 9.37 Å². The molecule has 2 aromatic heterocycles. The number of fused-ring (bicyclic) bond motifs is 1. The maximum absolute atomic E-state index is 13.4. The molecule has 31 heavy (non-hydrogen) atoms. The van der Waals surface area contributed by atoms with E-state index in [1.165, 1.54) is 23.3 Å². The van der Waals surface area contributed by atoms with Crippen LogP contribution in [-0.2, 0) is 19.5 Å². The van der Waals surface area contributed by atoms with E-state index in [9.17, 15) is 4.39 Å². The largest absolute Gasteiger partial charge is 0.361 e. The number of aliphatic imine (C=N–C) groups is 1. The molecule has 7 heteroatoms. The second kappa shape index (κ2) is 9.47. The fourth-order valence-corrected chi connectivity index (χ4v) is 3.69. The summed E-state index contributed by atoms with van der Waals surface area (Å²) < 4.78 is 15.5. The summed E-state index contributed by atoms with van der Waals surface area (Å²) in [7, 11) is 1.77. The highest BCUT2D eigenvalue weighted by Crippen LogP contribution is 2.19. The number of halogens is 1. The number of nitrogens with zero attached hydrogens (tertiary/aromatic N) is 3. The van der Waals surface area contributed by atoms with E-state index in [0.29, 0.717) is 6.54 Å². The molecule has 0 radical (unpaired) electrons. The normalized spacial score (nSPS) is 11.8. The Bertz CT molecular complexity index is 1190. The highest BCUT2D eigenvalue weighted by molar-refractivity contribution is 5.83. The van der Waals surface area contributed by atoms with Crippen LogP contribution in [0.3, 0.4) is 0 Å². The van der Waals surface area contributed by atoms with Crippen molar-refractivity contribution in [2.45, 2.75) is 26.4 Å². The lowest BCUT2D eigenvalue weighted by atomic mass is 10.1. The van der Waals surface area contributed by atoms with E-state index in [0.717, 1.165) is 47.8 Å². The first-order chi connectivity index (χ1) is 15.1. The Labute approximate surface area is 181 Å². The zero-order chi connectivity index (χ0) is 21.6. The van der Waals surface area contributed by atoms with Gasteiger partial charge in [-0.2, -0.15) is 0 Å². The number of hydrogen-bond donors (Lipinski definition) is 3. The Morgan fingerprint density at radius 3 is 2.84 bits per heavy atom. The number of aryl methyl sites for hydroxylation is 1. The second-order valence-electron chi connectivity index (χ2n) is 7.53. The Morgan fingerprint density at radius 1 is 1.16 bits per heavy atom. The van der Waals surface area contributed by atoms with Crippen LogP contribution in [0.2, 0.25) is 0 Å². The van der Waals surface area contributed by atoms with Crippen molar-refractivity contribution in [3.63, 3.8) is 0 Å². The number of nitrogens with one attached hydrogen (secondary N) is 3. The molecule has 0 bridgehead atoms. The molecule has 0 fully saturated rings. The third-order valence-corrected chi connectivity index (χ3v) is 5.37. The van der Waals surface area contributed by atoms with E-state index >= 15 is 0 Å². The minimum absolute atomic E-state index is 0.229. The summed E-state index contributed by atoms with van der Waals surface area (Å²) in [6.07, 6.45) is 6.57. The molecule has 0 atom stereocenters. The Hall–Kier alpha value is -3.61. The topological polar surface area (TPSA) is 70.0 Å². The lowest BCUT2D eigenvalue weighted by Crippen LogP contribution is -2.37. The molecule has 0 aliphatic rings. The summed E-state index contributed by atoms with van der Waals surface area (Å²) in [6, 6.07) is 13.4. The number of guanidine groups is 1. The third-order valence-electron chi connectivity index (χ3n) is 5.37. The van der Waals surface area contributed by atoms with E-state index in [4.69, 9.17) is 0 Å². The number of hydrogen-bond acceptors (Lipinski definition) is 2. The molecule has 0 aliphatic heterocycles. The van der Waals surface area contributed by atoms with Gasteiger partial charge in [0, 0.05) is 56.2 Å². The first kappa shape index (κ1) is 20.7. The van der Waals surface area contributed by atoms with Gasteiger partial charge in [-0.3, -0.25) is 4.99 Å². The number of aromatic amines is 1. The quantitative estimate of drug-likeness (QED) is 0.316. The molecular formula is C24H27FN6. The van der Waals surface area contributed by atoms with Crippen LogP contribution in [0.5, 0.6) is 0 Å². The van der Waals surface area contributed by atoms with Gasteiger partial charge in [-0.15, -0.1) is 0 Å². The molecule has 4 rings (SSSR count). The number of H-pyrrole nitrogens is 1. The van der Waals surface area contributed by atoms with Crippen LogP contribution in [-0.4, -0.2) is 34.1 Å². The summed E-state index contributed by atoms with van der Waals surface area (Å²) in [6.45, 7) is 4.23. The molecule has 0 aliphatic carbocycles. The van der Waals surface area contributed by atoms with Crippen molar-refractivity contribution in [3.05, 3.63) is 89.4 Å². The fourth-order valence-electron chi connectivity index (χ4n) is 3.69. The van der Waals surface area contributed by atoms with Gasteiger partial charge in [0.05, 0.1) is 0 Å². The Morgan fingerprint density at radius 2 is 2.03 bits per heavy atom. The van der Waals surface area contributed by atoms with Gasteiger partial charge in [0.1, 0.15) is 11.6 Å². The van der Waals surface area contributed by atoms with Crippen molar-refractivity contribution in [2.24, 2.45) is 4.99 Å². The van der Waals surface area contributed by atoms with Crippen molar-refractivity contribution < 1.29 is 4.39 Å². The van der Waals surface area contributed by atoms with Crippen molar-refractivity contribution in [3.8, 4) is 0 Å². The average Bonchev–Trinajstić information content (AvgIpc) is 3.36. The predicted molar refractivity (Wildman–Crippen MR) is 123 cm³/mol. The molecule has 0 saturated carbocycles. The number of imidazole rings is 1. The van der Waals surface area contributed by atoms with Gasteiger partial charge in [0.15, 0.2) is 5.96 Å². The predicted octanol–water partition coefficient (Wildman–Crippen LogP) is 3.77. The van der Waals surface area contributed by atoms with Crippen LogP contribution < -0.4 is 10.6 Å². The molecule has 0 unspecified atom stereocenters. The van der Waals surface area contributed by atoms with Crippen LogP contribution >= 0.6 is 0 Å². The van der Waals surface area contributed by atoms with Crippen LogP contribution in [0.4, 0.5) is 4.39 Å². The molecular weight excluding hydrogens is 391 g/mol.